The molecular formula is C11H15N3O. The zero-order chi connectivity index (χ0) is 10.7. The Hall–Kier alpha value is -1.55. The van der Waals surface area contributed by atoms with E-state index in [2.05, 4.69) is 16.6 Å². The minimum Gasteiger partial charge on any atom is -0.497 e. The normalized spacial score (nSPS) is 19.6. The molecule has 1 atom stereocenters. The summed E-state index contributed by atoms with van der Waals surface area (Å²) in [6.45, 7) is 0.521. The molecule has 0 fully saturated rings. The Balaban J connectivity index is 2.11. The van der Waals surface area contributed by atoms with Gasteiger partial charge in [0.2, 0.25) is 0 Å². The quantitative estimate of drug-likeness (QED) is 0.775. The van der Waals surface area contributed by atoms with E-state index in [4.69, 9.17) is 10.5 Å². The molecule has 1 aromatic rings. The summed E-state index contributed by atoms with van der Waals surface area (Å²) in [7, 11) is 1.67. The molecule has 0 aliphatic carbocycles. The fourth-order valence-electron chi connectivity index (χ4n) is 1.68. The van der Waals surface area contributed by atoms with Crippen LogP contribution in [0.4, 0.5) is 0 Å². The number of nitrogens with zero attached hydrogens (tertiary/aromatic N) is 1. The average Bonchev–Trinajstić information content (AvgIpc) is 2.78. The Labute approximate surface area is 89.1 Å². The molecule has 4 heteroatoms. The highest BCUT2D eigenvalue weighted by Gasteiger charge is 2.19. The molecule has 1 aliphatic heterocycles. The van der Waals surface area contributed by atoms with Crippen molar-refractivity contribution < 1.29 is 4.74 Å². The number of ether oxygens (including phenoxy) is 1. The first-order chi connectivity index (χ1) is 7.33. The van der Waals surface area contributed by atoms with E-state index in [1.54, 1.807) is 7.11 Å². The van der Waals surface area contributed by atoms with Gasteiger partial charge in [-0.25, -0.2) is 0 Å². The summed E-state index contributed by atoms with van der Waals surface area (Å²) in [5, 5.41) is 4.17. The van der Waals surface area contributed by atoms with Gasteiger partial charge in [-0.1, -0.05) is 12.1 Å². The molecular weight excluding hydrogens is 190 g/mol. The van der Waals surface area contributed by atoms with Gasteiger partial charge in [-0.3, -0.25) is 0 Å². The molecule has 0 amide bonds. The van der Waals surface area contributed by atoms with Gasteiger partial charge in [0, 0.05) is 13.0 Å². The zero-order valence-electron chi connectivity index (χ0n) is 8.73. The van der Waals surface area contributed by atoms with Crippen LogP contribution in [0, 0.1) is 0 Å². The van der Waals surface area contributed by atoms with Crippen molar-refractivity contribution in [1.82, 2.24) is 5.43 Å². The number of nitrogens with two attached hydrogens (primary N) is 1. The van der Waals surface area contributed by atoms with Gasteiger partial charge in [0.25, 0.3) is 0 Å². The van der Waals surface area contributed by atoms with Crippen LogP contribution in [-0.2, 0) is 0 Å². The van der Waals surface area contributed by atoms with Gasteiger partial charge in [-0.05, 0) is 17.7 Å². The summed E-state index contributed by atoms with van der Waals surface area (Å²) >= 11 is 0. The maximum Gasteiger partial charge on any atom is 0.119 e. The molecule has 1 aromatic carbocycles. The zero-order valence-corrected chi connectivity index (χ0v) is 8.73. The van der Waals surface area contributed by atoms with E-state index in [1.807, 2.05) is 18.2 Å². The van der Waals surface area contributed by atoms with Gasteiger partial charge < -0.3 is 15.9 Å². The molecule has 0 bridgehead atoms. The molecule has 0 radical (unpaired) electrons. The smallest absolute Gasteiger partial charge is 0.119 e. The first-order valence-electron chi connectivity index (χ1n) is 4.98. The predicted octanol–water partition coefficient (Wildman–Crippen LogP) is 1.04. The molecule has 1 aliphatic rings. The predicted molar refractivity (Wildman–Crippen MR) is 60.0 cm³/mol. The van der Waals surface area contributed by atoms with Crippen molar-refractivity contribution in [3.63, 3.8) is 0 Å². The Morgan fingerprint density at radius 3 is 3.13 bits per heavy atom. The van der Waals surface area contributed by atoms with Crippen LogP contribution in [0.15, 0.2) is 29.4 Å². The molecule has 0 spiro atoms. The Kier molecular flexibility index (Phi) is 2.87. The lowest BCUT2D eigenvalue weighted by Gasteiger charge is -2.11. The van der Waals surface area contributed by atoms with E-state index in [1.165, 1.54) is 5.56 Å². The summed E-state index contributed by atoms with van der Waals surface area (Å²) in [5.41, 5.74) is 10.8. The van der Waals surface area contributed by atoms with Crippen LogP contribution in [0.3, 0.4) is 0 Å². The van der Waals surface area contributed by atoms with Crippen molar-refractivity contribution in [2.45, 2.75) is 12.5 Å². The van der Waals surface area contributed by atoms with Crippen molar-refractivity contribution in [3.05, 3.63) is 29.8 Å². The fourth-order valence-corrected chi connectivity index (χ4v) is 1.68. The summed E-state index contributed by atoms with van der Waals surface area (Å²) < 4.78 is 5.18. The second-order valence-corrected chi connectivity index (χ2v) is 3.54. The summed E-state index contributed by atoms with van der Waals surface area (Å²) in [4.78, 5) is 0. The molecule has 0 saturated heterocycles. The minimum absolute atomic E-state index is 0.235. The van der Waals surface area contributed by atoms with Gasteiger partial charge in [0.1, 0.15) is 5.75 Å². The topological polar surface area (TPSA) is 59.6 Å². The Morgan fingerprint density at radius 1 is 1.60 bits per heavy atom. The third-order valence-corrected chi connectivity index (χ3v) is 2.55. The van der Waals surface area contributed by atoms with Crippen molar-refractivity contribution >= 4 is 5.71 Å². The molecule has 1 unspecified atom stereocenters. The number of nitrogens with one attached hydrogen (secondary N) is 1. The summed E-state index contributed by atoms with van der Waals surface area (Å²) in [6.07, 6.45) is 0.879. The van der Waals surface area contributed by atoms with Crippen molar-refractivity contribution in [3.8, 4) is 5.75 Å². The van der Waals surface area contributed by atoms with E-state index in [0.717, 1.165) is 17.9 Å². The molecule has 3 N–H and O–H groups in total. The molecule has 4 nitrogen and oxygen atoms in total. The maximum atomic E-state index is 5.53. The van der Waals surface area contributed by atoms with Crippen molar-refractivity contribution in [2.24, 2.45) is 10.8 Å². The third-order valence-electron chi connectivity index (χ3n) is 2.55. The molecule has 15 heavy (non-hydrogen) atoms. The molecule has 0 saturated carbocycles. The SMILES string of the molecule is COc1cccc(C2CC(CN)=NN2)c1. The summed E-state index contributed by atoms with van der Waals surface area (Å²) in [6, 6.07) is 8.24. The molecule has 1 heterocycles. The van der Waals surface area contributed by atoms with Crippen LogP contribution in [0.1, 0.15) is 18.0 Å². The number of methoxy groups -OCH3 is 1. The standard InChI is InChI=1S/C11H15N3O/c1-15-10-4-2-3-8(5-10)11-6-9(7-12)13-14-11/h2-5,11,14H,6-7,12H2,1H3. The van der Waals surface area contributed by atoms with E-state index in [-0.39, 0.29) is 6.04 Å². The van der Waals surface area contributed by atoms with E-state index in [9.17, 15) is 0 Å². The number of benzene rings is 1. The second-order valence-electron chi connectivity index (χ2n) is 3.54. The van der Waals surface area contributed by atoms with E-state index in [0.29, 0.717) is 6.54 Å². The second kappa shape index (κ2) is 4.31. The Morgan fingerprint density at radius 2 is 2.47 bits per heavy atom. The minimum atomic E-state index is 0.235. The van der Waals surface area contributed by atoms with Crippen LogP contribution in [0.25, 0.3) is 0 Å². The lowest BCUT2D eigenvalue weighted by atomic mass is 10.0. The highest BCUT2D eigenvalue weighted by molar-refractivity contribution is 5.88. The fraction of sp³-hybridized carbons (Fsp3) is 0.364. The monoisotopic (exact) mass is 205 g/mol. The molecule has 2 rings (SSSR count). The van der Waals surface area contributed by atoms with E-state index < -0.39 is 0 Å². The van der Waals surface area contributed by atoms with Crippen LogP contribution in [0.2, 0.25) is 0 Å². The Bertz CT molecular complexity index is 376. The van der Waals surface area contributed by atoms with Gasteiger partial charge in [0.05, 0.1) is 18.9 Å². The number of rotatable bonds is 3. The van der Waals surface area contributed by atoms with Crippen LogP contribution < -0.4 is 15.9 Å². The highest BCUT2D eigenvalue weighted by atomic mass is 16.5. The first-order valence-corrected chi connectivity index (χ1v) is 4.98. The van der Waals surface area contributed by atoms with Gasteiger partial charge in [-0.15, -0.1) is 0 Å². The van der Waals surface area contributed by atoms with Gasteiger partial charge in [-0.2, -0.15) is 5.10 Å². The number of hydrogen-bond acceptors (Lipinski definition) is 4. The van der Waals surface area contributed by atoms with Gasteiger partial charge >= 0.3 is 0 Å². The van der Waals surface area contributed by atoms with Crippen LogP contribution in [0.5, 0.6) is 5.75 Å². The lowest BCUT2D eigenvalue weighted by molar-refractivity contribution is 0.413. The van der Waals surface area contributed by atoms with Crippen LogP contribution in [-0.4, -0.2) is 19.4 Å². The van der Waals surface area contributed by atoms with E-state index >= 15 is 0 Å². The largest absolute Gasteiger partial charge is 0.497 e. The third kappa shape index (κ3) is 2.10. The van der Waals surface area contributed by atoms with Gasteiger partial charge in [0.15, 0.2) is 0 Å². The van der Waals surface area contributed by atoms with Crippen LogP contribution >= 0.6 is 0 Å². The van der Waals surface area contributed by atoms with Crippen molar-refractivity contribution in [1.29, 1.82) is 0 Å². The summed E-state index contributed by atoms with van der Waals surface area (Å²) in [5.74, 6) is 0.871. The first kappa shape index (κ1) is 9.98. The average molecular weight is 205 g/mol. The number of hydrogen-bond donors (Lipinski definition) is 2. The lowest BCUT2D eigenvalue weighted by Crippen LogP contribution is -2.13. The maximum absolute atomic E-state index is 5.53. The van der Waals surface area contributed by atoms with Crippen molar-refractivity contribution in [2.75, 3.05) is 13.7 Å². The molecule has 0 aromatic heterocycles. The molecule has 80 valence electrons. The highest BCUT2D eigenvalue weighted by Crippen LogP contribution is 2.24. The number of hydrazone groups is 1.